The van der Waals surface area contributed by atoms with Gasteiger partial charge >= 0.3 is 0 Å². The van der Waals surface area contributed by atoms with E-state index in [0.717, 1.165) is 49.7 Å². The minimum atomic E-state index is -3.34. The molecule has 31 heavy (non-hydrogen) atoms. The van der Waals surface area contributed by atoms with Crippen LogP contribution < -0.4 is 9.46 Å². The number of amides is 1. The molecule has 0 radical (unpaired) electrons. The number of pyridine rings is 1. The van der Waals surface area contributed by atoms with Crippen molar-refractivity contribution >= 4 is 15.9 Å². The van der Waals surface area contributed by atoms with E-state index in [-0.39, 0.29) is 36.0 Å². The largest absolute Gasteiger partial charge is 0.467 e. The van der Waals surface area contributed by atoms with Crippen LogP contribution in [0, 0.1) is 6.92 Å². The number of aryl methyl sites for hydroxylation is 1. The Balaban J connectivity index is 1.40. The summed E-state index contributed by atoms with van der Waals surface area (Å²) in [6.07, 6.45) is 7.76. The van der Waals surface area contributed by atoms with Crippen molar-refractivity contribution in [3.63, 3.8) is 0 Å². The van der Waals surface area contributed by atoms with Gasteiger partial charge in [-0.15, -0.1) is 0 Å². The third-order valence-electron chi connectivity index (χ3n) is 7.23. The van der Waals surface area contributed by atoms with Crippen molar-refractivity contribution in [2.75, 3.05) is 19.8 Å². The molecule has 1 N–H and O–H groups in total. The number of aromatic nitrogens is 1. The molecule has 1 saturated heterocycles. The standard InChI is InChI=1S/C22H31N3O5S/c1-14-8-10-23-22-21(14)15-2-4-16(5-3-15)29-12-19-18(24-31(27,28)17-6-7-17)9-11-25(19)20(26)13-30-22/h8,10,15-19,24H,2-7,9,11-13H2,1H3/t15?,16?,18-,19?/m0/s1. The molecule has 1 amide bonds. The second-order valence-electron chi connectivity index (χ2n) is 9.35. The van der Waals surface area contributed by atoms with E-state index in [1.165, 1.54) is 0 Å². The molecule has 0 aromatic carbocycles. The summed E-state index contributed by atoms with van der Waals surface area (Å²) in [4.78, 5) is 19.2. The Labute approximate surface area is 183 Å². The number of ether oxygens (including phenoxy) is 2. The maximum Gasteiger partial charge on any atom is 0.260 e. The lowest BCUT2D eigenvalue weighted by Gasteiger charge is -2.32. The van der Waals surface area contributed by atoms with Gasteiger partial charge < -0.3 is 14.4 Å². The third-order valence-corrected chi connectivity index (χ3v) is 9.21. The van der Waals surface area contributed by atoms with E-state index in [2.05, 4.69) is 16.6 Å². The first kappa shape index (κ1) is 21.2. The summed E-state index contributed by atoms with van der Waals surface area (Å²) >= 11 is 0. The Bertz CT molecular complexity index is 940. The molecule has 3 aliphatic heterocycles. The van der Waals surface area contributed by atoms with Crippen LogP contribution >= 0.6 is 0 Å². The number of hydrogen-bond donors (Lipinski definition) is 1. The summed E-state index contributed by atoms with van der Waals surface area (Å²) < 4.78 is 40.2. The number of nitrogens with one attached hydrogen (secondary N) is 1. The maximum absolute atomic E-state index is 13.1. The van der Waals surface area contributed by atoms with Gasteiger partial charge in [0.1, 0.15) is 0 Å². The van der Waals surface area contributed by atoms with Crippen LogP contribution in [0.2, 0.25) is 0 Å². The van der Waals surface area contributed by atoms with E-state index in [1.807, 2.05) is 6.07 Å². The molecule has 2 atom stereocenters. The van der Waals surface area contributed by atoms with E-state index in [9.17, 15) is 13.2 Å². The van der Waals surface area contributed by atoms with Crippen molar-refractivity contribution < 1.29 is 22.7 Å². The van der Waals surface area contributed by atoms with Gasteiger partial charge in [-0.1, -0.05) is 0 Å². The lowest BCUT2D eigenvalue weighted by atomic mass is 9.81. The van der Waals surface area contributed by atoms with Gasteiger partial charge in [0.05, 0.1) is 24.0 Å². The summed E-state index contributed by atoms with van der Waals surface area (Å²) in [6, 6.07) is 1.37. The molecule has 1 aromatic rings. The van der Waals surface area contributed by atoms with Crippen molar-refractivity contribution in [3.8, 4) is 5.88 Å². The van der Waals surface area contributed by atoms with E-state index in [1.54, 1.807) is 11.1 Å². The fourth-order valence-corrected chi connectivity index (χ4v) is 6.96. The molecule has 170 valence electrons. The first-order chi connectivity index (χ1) is 14.9. The predicted molar refractivity (Wildman–Crippen MR) is 114 cm³/mol. The highest BCUT2D eigenvalue weighted by Gasteiger charge is 2.44. The molecular formula is C22H31N3O5S. The van der Waals surface area contributed by atoms with Crippen LogP contribution in [-0.2, 0) is 19.6 Å². The number of hydrogen-bond acceptors (Lipinski definition) is 6. The molecule has 8 nitrogen and oxygen atoms in total. The molecule has 2 aliphatic carbocycles. The van der Waals surface area contributed by atoms with Crippen molar-refractivity contribution in [1.82, 2.24) is 14.6 Å². The summed E-state index contributed by atoms with van der Waals surface area (Å²) in [5.74, 6) is 0.763. The van der Waals surface area contributed by atoms with Gasteiger partial charge in [0.15, 0.2) is 6.61 Å². The van der Waals surface area contributed by atoms with Crippen LogP contribution in [0.25, 0.3) is 0 Å². The Morgan fingerprint density at radius 1 is 1.13 bits per heavy atom. The van der Waals surface area contributed by atoms with Gasteiger partial charge in [0.2, 0.25) is 15.9 Å². The number of fused-ring (bicyclic) bond motifs is 5. The fraction of sp³-hybridized carbons (Fsp3) is 0.727. The Hall–Kier alpha value is -1.71. The van der Waals surface area contributed by atoms with Crippen molar-refractivity contribution in [1.29, 1.82) is 0 Å². The van der Waals surface area contributed by atoms with Crippen LogP contribution in [0.5, 0.6) is 5.88 Å². The highest BCUT2D eigenvalue weighted by atomic mass is 32.2. The average molecular weight is 450 g/mol. The zero-order valence-electron chi connectivity index (χ0n) is 18.0. The lowest BCUT2D eigenvalue weighted by molar-refractivity contribution is -0.136. The van der Waals surface area contributed by atoms with E-state index < -0.39 is 10.0 Å². The molecule has 0 spiro atoms. The average Bonchev–Trinajstić information content (AvgIpc) is 3.54. The minimum absolute atomic E-state index is 0.0990. The van der Waals surface area contributed by atoms with Crippen LogP contribution in [0.4, 0.5) is 0 Å². The number of carbonyl (C=O) groups is 1. The van der Waals surface area contributed by atoms with Crippen LogP contribution in [0.3, 0.4) is 0 Å². The number of carbonyl (C=O) groups excluding carboxylic acids is 1. The molecule has 4 heterocycles. The van der Waals surface area contributed by atoms with Crippen molar-refractivity contribution in [3.05, 3.63) is 23.4 Å². The maximum atomic E-state index is 13.1. The van der Waals surface area contributed by atoms with E-state index >= 15 is 0 Å². The first-order valence-corrected chi connectivity index (χ1v) is 13.0. The van der Waals surface area contributed by atoms with Crippen LogP contribution in [0.1, 0.15) is 62.0 Å². The van der Waals surface area contributed by atoms with Gasteiger partial charge in [-0.05, 0) is 69.4 Å². The van der Waals surface area contributed by atoms with Crippen molar-refractivity contribution in [2.45, 2.75) is 81.2 Å². The smallest absolute Gasteiger partial charge is 0.260 e. The minimum Gasteiger partial charge on any atom is -0.467 e. The van der Waals surface area contributed by atoms with Gasteiger partial charge in [-0.3, -0.25) is 4.79 Å². The second kappa shape index (κ2) is 8.33. The zero-order valence-corrected chi connectivity index (χ0v) is 18.8. The monoisotopic (exact) mass is 449 g/mol. The van der Waals surface area contributed by atoms with Gasteiger partial charge in [-0.25, -0.2) is 18.1 Å². The zero-order chi connectivity index (χ0) is 21.6. The number of rotatable bonds is 3. The highest BCUT2D eigenvalue weighted by Crippen LogP contribution is 2.40. The molecule has 2 bridgehead atoms. The molecule has 2 saturated carbocycles. The summed E-state index contributed by atoms with van der Waals surface area (Å²) in [7, 11) is -3.34. The molecule has 9 heteroatoms. The summed E-state index contributed by atoms with van der Waals surface area (Å²) in [5, 5.41) is -0.280. The molecule has 1 unspecified atom stereocenters. The molecule has 6 rings (SSSR count). The van der Waals surface area contributed by atoms with Gasteiger partial charge in [0.25, 0.3) is 5.91 Å². The molecule has 3 fully saturated rings. The van der Waals surface area contributed by atoms with Gasteiger partial charge in [-0.2, -0.15) is 0 Å². The SMILES string of the molecule is Cc1ccnc2c1C1CCC(CC1)OCC1[C@@H](NS(=O)(=O)C3CC3)CCN1C(=O)CO2. The third kappa shape index (κ3) is 4.32. The molecule has 5 aliphatic rings. The van der Waals surface area contributed by atoms with E-state index in [0.29, 0.717) is 31.4 Å². The van der Waals surface area contributed by atoms with Crippen molar-refractivity contribution in [2.24, 2.45) is 0 Å². The topological polar surface area (TPSA) is 97.8 Å². The number of nitrogens with zero attached hydrogens (tertiary/aromatic N) is 2. The second-order valence-corrected chi connectivity index (χ2v) is 11.3. The number of sulfonamides is 1. The highest BCUT2D eigenvalue weighted by molar-refractivity contribution is 7.90. The first-order valence-electron chi connectivity index (χ1n) is 11.4. The quantitative estimate of drug-likeness (QED) is 0.757. The molecular weight excluding hydrogens is 418 g/mol. The van der Waals surface area contributed by atoms with Gasteiger partial charge in [0, 0.05) is 24.3 Å². The van der Waals surface area contributed by atoms with Crippen LogP contribution in [0.15, 0.2) is 12.3 Å². The normalized spacial score (nSPS) is 31.8. The van der Waals surface area contributed by atoms with Crippen LogP contribution in [-0.4, -0.2) is 67.4 Å². The fourth-order valence-electron chi connectivity index (χ4n) is 5.31. The predicted octanol–water partition coefficient (Wildman–Crippen LogP) is 1.88. The van der Waals surface area contributed by atoms with E-state index in [4.69, 9.17) is 9.47 Å². The lowest BCUT2D eigenvalue weighted by Crippen LogP contribution is -2.51. The summed E-state index contributed by atoms with van der Waals surface area (Å²) in [6.45, 7) is 2.82. The Kier molecular flexibility index (Phi) is 5.68. The summed E-state index contributed by atoms with van der Waals surface area (Å²) in [5.41, 5.74) is 2.26. The Morgan fingerprint density at radius 2 is 1.90 bits per heavy atom. The Morgan fingerprint density at radius 3 is 2.65 bits per heavy atom. The molecule has 1 aromatic heterocycles.